The van der Waals surface area contributed by atoms with Crippen molar-refractivity contribution >= 4 is 36.7 Å². The van der Waals surface area contributed by atoms with E-state index >= 15 is 0 Å². The molecule has 1 aromatic carbocycles. The maximum absolute atomic E-state index is 11.5. The quantitative estimate of drug-likeness (QED) is 0.870. The van der Waals surface area contributed by atoms with E-state index in [-0.39, 0.29) is 11.5 Å². The van der Waals surface area contributed by atoms with Gasteiger partial charge in [-0.3, -0.25) is 0 Å². The summed E-state index contributed by atoms with van der Waals surface area (Å²) in [6.07, 6.45) is 1.93. The molecule has 0 bridgehead atoms. The van der Waals surface area contributed by atoms with Crippen LogP contribution in [-0.4, -0.2) is 24.5 Å². The van der Waals surface area contributed by atoms with Crippen LogP contribution in [0.15, 0.2) is 34.9 Å². The average Bonchev–Trinajstić information content (AvgIpc) is 2.71. The van der Waals surface area contributed by atoms with Gasteiger partial charge in [0.15, 0.2) is 9.84 Å². The third kappa shape index (κ3) is 2.72. The molecule has 17 heavy (non-hydrogen) atoms. The van der Waals surface area contributed by atoms with Gasteiger partial charge in [0.05, 0.1) is 5.75 Å². The molecule has 0 aliphatic carbocycles. The molecule has 2 aromatic rings. The average molecular weight is 316 g/mol. The predicted octanol–water partition coefficient (Wildman–Crippen LogP) is 2.84. The fraction of sp³-hybridized carbons (Fsp3) is 0.333. The lowest BCUT2D eigenvalue weighted by molar-refractivity contribution is 0.591. The lowest BCUT2D eigenvalue weighted by atomic mass is 10.2. The lowest BCUT2D eigenvalue weighted by Crippen LogP contribution is -2.14. The minimum atomic E-state index is -2.91. The third-order valence-electron chi connectivity index (χ3n) is 2.84. The highest BCUT2D eigenvalue weighted by Gasteiger charge is 2.09. The van der Waals surface area contributed by atoms with Gasteiger partial charge in [0.25, 0.3) is 0 Å². The summed E-state index contributed by atoms with van der Waals surface area (Å²) in [7, 11) is -2.91. The molecule has 0 amide bonds. The van der Waals surface area contributed by atoms with Crippen LogP contribution in [0.5, 0.6) is 0 Å². The number of hydrogen-bond donors (Lipinski definition) is 0. The normalized spacial score (nSPS) is 12.1. The Morgan fingerprint density at radius 3 is 2.76 bits per heavy atom. The van der Waals surface area contributed by atoms with Gasteiger partial charge in [0, 0.05) is 33.9 Å². The highest BCUT2D eigenvalue weighted by atomic mass is 79.9. The first kappa shape index (κ1) is 12.6. The number of aryl methyl sites for hydroxylation is 1. The van der Waals surface area contributed by atoms with Crippen LogP contribution >= 0.6 is 15.9 Å². The van der Waals surface area contributed by atoms with E-state index in [0.717, 1.165) is 15.4 Å². The molecular weight excluding hydrogens is 302 g/mol. The number of nitrogens with zero attached hydrogens (tertiary/aromatic N) is 1. The second kappa shape index (κ2) is 4.82. The standard InChI is InChI=1S/C12H14BrNO2S/c1-2-17(15,16)9-8-14-7-6-10-11(13)4-3-5-12(10)14/h3-7H,2,8-9H2,1H3. The Labute approximate surface area is 109 Å². The van der Waals surface area contributed by atoms with E-state index in [9.17, 15) is 8.42 Å². The Bertz CT molecular complexity index is 631. The number of benzene rings is 1. The summed E-state index contributed by atoms with van der Waals surface area (Å²) in [5, 5.41) is 1.11. The molecule has 0 radical (unpaired) electrons. The molecule has 5 heteroatoms. The zero-order valence-electron chi connectivity index (χ0n) is 9.56. The number of sulfone groups is 1. The summed E-state index contributed by atoms with van der Waals surface area (Å²) in [5.74, 6) is 0.399. The van der Waals surface area contributed by atoms with Gasteiger partial charge in [-0.05, 0) is 18.2 Å². The summed E-state index contributed by atoms with van der Waals surface area (Å²) in [6.45, 7) is 2.19. The van der Waals surface area contributed by atoms with Crippen LogP contribution in [0.3, 0.4) is 0 Å². The smallest absolute Gasteiger partial charge is 0.151 e. The highest BCUT2D eigenvalue weighted by Crippen LogP contribution is 2.24. The van der Waals surface area contributed by atoms with E-state index in [0.29, 0.717) is 6.54 Å². The summed E-state index contributed by atoms with van der Waals surface area (Å²) in [4.78, 5) is 0. The summed E-state index contributed by atoms with van der Waals surface area (Å²) in [6, 6.07) is 7.93. The minimum absolute atomic E-state index is 0.194. The maximum atomic E-state index is 11.5. The summed E-state index contributed by atoms with van der Waals surface area (Å²) >= 11 is 3.48. The van der Waals surface area contributed by atoms with Gasteiger partial charge in [-0.25, -0.2) is 8.42 Å². The number of aromatic nitrogens is 1. The second-order valence-corrected chi connectivity index (χ2v) is 7.25. The number of halogens is 1. The number of fused-ring (bicyclic) bond motifs is 1. The molecule has 3 nitrogen and oxygen atoms in total. The first-order valence-electron chi connectivity index (χ1n) is 5.47. The van der Waals surface area contributed by atoms with Crippen molar-refractivity contribution in [2.24, 2.45) is 0 Å². The van der Waals surface area contributed by atoms with Crippen molar-refractivity contribution in [3.05, 3.63) is 34.9 Å². The molecule has 1 aromatic heterocycles. The zero-order valence-corrected chi connectivity index (χ0v) is 12.0. The molecule has 0 saturated carbocycles. The molecule has 0 N–H and O–H groups in total. The van der Waals surface area contributed by atoms with E-state index in [4.69, 9.17) is 0 Å². The Kier molecular flexibility index (Phi) is 3.58. The largest absolute Gasteiger partial charge is 0.346 e. The van der Waals surface area contributed by atoms with Crippen LogP contribution in [0.25, 0.3) is 10.9 Å². The van der Waals surface area contributed by atoms with Crippen molar-refractivity contribution in [1.29, 1.82) is 0 Å². The molecule has 0 atom stereocenters. The van der Waals surface area contributed by atoms with E-state index in [1.54, 1.807) is 6.92 Å². The molecule has 1 heterocycles. The van der Waals surface area contributed by atoms with Gasteiger partial charge in [-0.15, -0.1) is 0 Å². The van der Waals surface area contributed by atoms with Crippen LogP contribution in [0.4, 0.5) is 0 Å². The van der Waals surface area contributed by atoms with Gasteiger partial charge in [0.2, 0.25) is 0 Å². The van der Waals surface area contributed by atoms with Crippen LogP contribution in [-0.2, 0) is 16.4 Å². The van der Waals surface area contributed by atoms with Gasteiger partial charge < -0.3 is 4.57 Å². The molecule has 0 saturated heterocycles. The van der Waals surface area contributed by atoms with Crippen molar-refractivity contribution < 1.29 is 8.42 Å². The van der Waals surface area contributed by atoms with Crippen molar-refractivity contribution in [3.8, 4) is 0 Å². The third-order valence-corrected chi connectivity index (χ3v) is 5.22. The molecule has 0 unspecified atom stereocenters. The Morgan fingerprint density at radius 2 is 2.06 bits per heavy atom. The van der Waals surface area contributed by atoms with Crippen molar-refractivity contribution in [3.63, 3.8) is 0 Å². The van der Waals surface area contributed by atoms with E-state index in [2.05, 4.69) is 15.9 Å². The Balaban J connectivity index is 2.29. The molecule has 0 fully saturated rings. The summed E-state index contributed by atoms with van der Waals surface area (Å²) in [5.41, 5.74) is 1.06. The van der Waals surface area contributed by atoms with Crippen molar-refractivity contribution in [2.45, 2.75) is 13.5 Å². The molecule has 0 aliphatic rings. The fourth-order valence-electron chi connectivity index (χ4n) is 1.76. The molecular formula is C12H14BrNO2S. The predicted molar refractivity (Wildman–Crippen MR) is 74.0 cm³/mol. The molecule has 2 rings (SSSR count). The topological polar surface area (TPSA) is 39.1 Å². The molecule has 92 valence electrons. The second-order valence-electron chi connectivity index (χ2n) is 3.92. The fourth-order valence-corrected chi connectivity index (χ4v) is 3.01. The maximum Gasteiger partial charge on any atom is 0.151 e. The lowest BCUT2D eigenvalue weighted by Gasteiger charge is -2.05. The van der Waals surface area contributed by atoms with Crippen LogP contribution in [0.1, 0.15) is 6.92 Å². The van der Waals surface area contributed by atoms with Crippen LogP contribution < -0.4 is 0 Å². The SMILES string of the molecule is CCS(=O)(=O)CCn1ccc2c(Br)cccc21. The number of hydrogen-bond acceptors (Lipinski definition) is 2. The van der Waals surface area contributed by atoms with Gasteiger partial charge >= 0.3 is 0 Å². The Morgan fingerprint density at radius 1 is 1.29 bits per heavy atom. The zero-order chi connectivity index (χ0) is 12.5. The van der Waals surface area contributed by atoms with E-state index in [1.807, 2.05) is 35.0 Å². The van der Waals surface area contributed by atoms with Gasteiger partial charge in [0.1, 0.15) is 0 Å². The summed E-state index contributed by atoms with van der Waals surface area (Å²) < 4.78 is 26.0. The van der Waals surface area contributed by atoms with Crippen molar-refractivity contribution in [2.75, 3.05) is 11.5 Å². The first-order chi connectivity index (χ1) is 8.03. The van der Waals surface area contributed by atoms with Gasteiger partial charge in [-0.2, -0.15) is 0 Å². The Hall–Kier alpha value is -0.810. The van der Waals surface area contributed by atoms with Gasteiger partial charge in [-0.1, -0.05) is 28.9 Å². The minimum Gasteiger partial charge on any atom is -0.346 e. The van der Waals surface area contributed by atoms with E-state index in [1.165, 1.54) is 0 Å². The molecule has 0 spiro atoms. The number of rotatable bonds is 4. The van der Waals surface area contributed by atoms with E-state index < -0.39 is 9.84 Å². The molecule has 0 aliphatic heterocycles. The van der Waals surface area contributed by atoms with Crippen molar-refractivity contribution in [1.82, 2.24) is 4.57 Å². The monoisotopic (exact) mass is 315 g/mol. The van der Waals surface area contributed by atoms with Crippen LogP contribution in [0, 0.1) is 0 Å². The first-order valence-corrected chi connectivity index (χ1v) is 8.09. The highest BCUT2D eigenvalue weighted by molar-refractivity contribution is 9.10. The van der Waals surface area contributed by atoms with Crippen LogP contribution in [0.2, 0.25) is 0 Å².